The molecule has 1 N–H and O–H groups in total. The molecule has 10 heteroatoms. The summed E-state index contributed by atoms with van der Waals surface area (Å²) in [6.07, 6.45) is 1.06. The Morgan fingerprint density at radius 3 is 2.02 bits per heavy atom. The van der Waals surface area contributed by atoms with Crippen LogP contribution in [0.15, 0.2) is 71.6 Å². The van der Waals surface area contributed by atoms with Crippen LogP contribution in [0, 0.1) is 13.8 Å². The van der Waals surface area contributed by atoms with Gasteiger partial charge in [0.15, 0.2) is 0 Å². The van der Waals surface area contributed by atoms with Crippen LogP contribution in [0.3, 0.4) is 0 Å². The SMILES string of the molecule is CCC(C)NC(=O)C(CC)N(Cc1ccc(C)cc1)C(=O)CN(c1cccc(Cl)c1Cl)S(=O)(=O)c1ccc(C)cc1. The fourth-order valence-electron chi connectivity index (χ4n) is 4.29. The molecule has 2 atom stereocenters. The van der Waals surface area contributed by atoms with Gasteiger partial charge in [0.1, 0.15) is 12.6 Å². The Bertz CT molecular complexity index is 1460. The van der Waals surface area contributed by atoms with E-state index >= 15 is 0 Å². The van der Waals surface area contributed by atoms with Crippen molar-refractivity contribution in [1.82, 2.24) is 10.2 Å². The predicted octanol–water partition coefficient (Wildman–Crippen LogP) is 6.53. The zero-order chi connectivity index (χ0) is 30.3. The highest BCUT2D eigenvalue weighted by atomic mass is 35.5. The van der Waals surface area contributed by atoms with Crippen LogP contribution in [-0.2, 0) is 26.2 Å². The van der Waals surface area contributed by atoms with Crippen LogP contribution in [0.2, 0.25) is 10.0 Å². The summed E-state index contributed by atoms with van der Waals surface area (Å²) in [7, 11) is -4.25. The number of hydrogen-bond donors (Lipinski definition) is 1. The molecule has 220 valence electrons. The number of hydrogen-bond acceptors (Lipinski definition) is 4. The Labute approximate surface area is 253 Å². The number of nitrogens with zero attached hydrogens (tertiary/aromatic N) is 2. The van der Waals surface area contributed by atoms with E-state index in [-0.39, 0.29) is 39.1 Å². The van der Waals surface area contributed by atoms with Crippen molar-refractivity contribution in [3.05, 3.63) is 93.5 Å². The van der Waals surface area contributed by atoms with Gasteiger partial charge < -0.3 is 10.2 Å². The van der Waals surface area contributed by atoms with Gasteiger partial charge in [-0.25, -0.2) is 8.42 Å². The van der Waals surface area contributed by atoms with E-state index in [1.807, 2.05) is 58.9 Å². The number of rotatable bonds is 12. The first-order valence-corrected chi connectivity index (χ1v) is 15.8. The van der Waals surface area contributed by atoms with E-state index in [2.05, 4.69) is 5.32 Å². The maximum Gasteiger partial charge on any atom is 0.264 e. The summed E-state index contributed by atoms with van der Waals surface area (Å²) in [6, 6.07) is 17.7. The van der Waals surface area contributed by atoms with Gasteiger partial charge in [-0.2, -0.15) is 0 Å². The van der Waals surface area contributed by atoms with Crippen LogP contribution in [-0.4, -0.2) is 43.8 Å². The van der Waals surface area contributed by atoms with Crippen molar-refractivity contribution in [2.75, 3.05) is 10.8 Å². The number of halogens is 2. The van der Waals surface area contributed by atoms with Gasteiger partial charge in [-0.1, -0.05) is 90.6 Å². The van der Waals surface area contributed by atoms with Crippen LogP contribution in [0.4, 0.5) is 5.69 Å². The van der Waals surface area contributed by atoms with Gasteiger partial charge in [0, 0.05) is 12.6 Å². The fourth-order valence-corrected chi connectivity index (χ4v) is 6.16. The predicted molar refractivity (Wildman–Crippen MR) is 166 cm³/mol. The second kappa shape index (κ2) is 14.2. The summed E-state index contributed by atoms with van der Waals surface area (Å²) < 4.78 is 29.0. The average Bonchev–Trinajstić information content (AvgIpc) is 2.94. The van der Waals surface area contributed by atoms with Crippen molar-refractivity contribution in [2.45, 2.75) is 71.0 Å². The first-order valence-electron chi connectivity index (χ1n) is 13.6. The smallest absolute Gasteiger partial charge is 0.264 e. The van der Waals surface area contributed by atoms with Crippen LogP contribution < -0.4 is 9.62 Å². The van der Waals surface area contributed by atoms with Gasteiger partial charge in [0.2, 0.25) is 11.8 Å². The lowest BCUT2D eigenvalue weighted by molar-refractivity contribution is -0.140. The van der Waals surface area contributed by atoms with Gasteiger partial charge >= 0.3 is 0 Å². The molecule has 7 nitrogen and oxygen atoms in total. The summed E-state index contributed by atoms with van der Waals surface area (Å²) in [5.74, 6) is -0.848. The molecule has 0 aliphatic carbocycles. The Morgan fingerprint density at radius 2 is 1.46 bits per heavy atom. The zero-order valence-electron chi connectivity index (χ0n) is 24.0. The number of aryl methyl sites for hydroxylation is 2. The van der Waals surface area contributed by atoms with Crippen LogP contribution in [0.1, 0.15) is 50.3 Å². The third kappa shape index (κ3) is 8.03. The lowest BCUT2D eigenvalue weighted by Gasteiger charge is -2.34. The molecule has 3 aromatic carbocycles. The highest BCUT2D eigenvalue weighted by Crippen LogP contribution is 2.35. The molecule has 0 aromatic heterocycles. The minimum atomic E-state index is -4.25. The molecule has 0 spiro atoms. The number of carbonyl (C=O) groups excluding carboxylic acids is 2. The number of carbonyl (C=O) groups is 2. The Balaban J connectivity index is 2.10. The quantitative estimate of drug-likeness (QED) is 0.250. The highest BCUT2D eigenvalue weighted by molar-refractivity contribution is 7.92. The molecular weight excluding hydrogens is 581 g/mol. The molecule has 0 aliphatic heterocycles. The van der Waals surface area contributed by atoms with Crippen molar-refractivity contribution < 1.29 is 18.0 Å². The minimum Gasteiger partial charge on any atom is -0.352 e. The first kappa shape index (κ1) is 32.4. The van der Waals surface area contributed by atoms with Crippen molar-refractivity contribution in [1.29, 1.82) is 0 Å². The summed E-state index contributed by atoms with van der Waals surface area (Å²) in [5, 5.41) is 3.12. The van der Waals surface area contributed by atoms with Crippen molar-refractivity contribution in [3.63, 3.8) is 0 Å². The first-order chi connectivity index (χ1) is 19.4. The number of sulfonamides is 1. The standard InChI is InChI=1S/C31H37Cl2N3O4S/c1-6-23(5)34-31(38)27(7-2)35(19-24-15-11-21(3)12-16-24)29(37)20-36(28-10-8-9-26(32)30(28)33)41(39,40)25-17-13-22(4)14-18-25/h8-18,23,27H,6-7,19-20H2,1-5H3,(H,34,38). The summed E-state index contributed by atoms with van der Waals surface area (Å²) >= 11 is 12.8. The van der Waals surface area contributed by atoms with Gasteiger partial charge in [-0.05, 0) is 63.4 Å². The van der Waals surface area contributed by atoms with Gasteiger partial charge in [0.05, 0.1) is 20.6 Å². The van der Waals surface area contributed by atoms with E-state index in [0.29, 0.717) is 6.42 Å². The lowest BCUT2D eigenvalue weighted by atomic mass is 10.1. The Hall–Kier alpha value is -3.07. The molecule has 3 rings (SSSR count). The molecule has 2 unspecified atom stereocenters. The van der Waals surface area contributed by atoms with Crippen LogP contribution >= 0.6 is 23.2 Å². The molecule has 3 aromatic rings. The van der Waals surface area contributed by atoms with Gasteiger partial charge in [-0.3, -0.25) is 13.9 Å². The van der Waals surface area contributed by atoms with Crippen molar-refractivity contribution in [3.8, 4) is 0 Å². The van der Waals surface area contributed by atoms with Gasteiger partial charge in [0.25, 0.3) is 10.0 Å². The second-order valence-electron chi connectivity index (χ2n) is 10.1. The molecule has 41 heavy (non-hydrogen) atoms. The van der Waals surface area contributed by atoms with Crippen LogP contribution in [0.5, 0.6) is 0 Å². The molecule has 0 radical (unpaired) electrons. The Kier molecular flexibility index (Phi) is 11.2. The minimum absolute atomic E-state index is 0.00131. The summed E-state index contributed by atoms with van der Waals surface area (Å²) in [4.78, 5) is 29.0. The molecule has 2 amide bonds. The number of nitrogens with one attached hydrogen (secondary N) is 1. The zero-order valence-corrected chi connectivity index (χ0v) is 26.4. The third-order valence-electron chi connectivity index (χ3n) is 6.95. The van der Waals surface area contributed by atoms with E-state index in [4.69, 9.17) is 23.2 Å². The van der Waals surface area contributed by atoms with Gasteiger partial charge in [-0.15, -0.1) is 0 Å². The van der Waals surface area contributed by atoms with E-state index in [1.165, 1.54) is 23.1 Å². The number of amides is 2. The van der Waals surface area contributed by atoms with E-state index in [0.717, 1.165) is 27.4 Å². The normalized spacial score (nSPS) is 12.9. The summed E-state index contributed by atoms with van der Waals surface area (Å²) in [6.45, 7) is 9.03. The number of benzene rings is 3. The maximum absolute atomic E-state index is 14.2. The summed E-state index contributed by atoms with van der Waals surface area (Å²) in [5.41, 5.74) is 2.82. The molecular formula is C31H37Cl2N3O4S. The van der Waals surface area contributed by atoms with E-state index < -0.39 is 28.5 Å². The third-order valence-corrected chi connectivity index (χ3v) is 9.53. The lowest BCUT2D eigenvalue weighted by Crippen LogP contribution is -2.53. The number of anilines is 1. The largest absolute Gasteiger partial charge is 0.352 e. The van der Waals surface area contributed by atoms with E-state index in [9.17, 15) is 18.0 Å². The molecule has 0 bridgehead atoms. The fraction of sp³-hybridized carbons (Fsp3) is 0.355. The monoisotopic (exact) mass is 617 g/mol. The molecule has 0 saturated heterocycles. The molecule has 0 fully saturated rings. The molecule has 0 saturated carbocycles. The Morgan fingerprint density at radius 1 is 0.878 bits per heavy atom. The molecule has 0 heterocycles. The van der Waals surface area contributed by atoms with Crippen molar-refractivity contribution in [2.24, 2.45) is 0 Å². The molecule has 0 aliphatic rings. The van der Waals surface area contributed by atoms with Crippen LogP contribution in [0.25, 0.3) is 0 Å². The maximum atomic E-state index is 14.2. The average molecular weight is 619 g/mol. The van der Waals surface area contributed by atoms with Crippen molar-refractivity contribution >= 4 is 50.7 Å². The highest BCUT2D eigenvalue weighted by Gasteiger charge is 2.35. The van der Waals surface area contributed by atoms with E-state index in [1.54, 1.807) is 24.3 Å². The second-order valence-corrected chi connectivity index (χ2v) is 12.8. The topological polar surface area (TPSA) is 86.8 Å².